The molecule has 2 fully saturated rings. The van der Waals surface area contributed by atoms with Gasteiger partial charge in [-0.1, -0.05) is 0 Å². The summed E-state index contributed by atoms with van der Waals surface area (Å²) in [5, 5.41) is 10.3. The summed E-state index contributed by atoms with van der Waals surface area (Å²) in [6.07, 6.45) is 12.4. The fourth-order valence-electron chi connectivity index (χ4n) is 4.38. The van der Waals surface area contributed by atoms with Crippen molar-refractivity contribution in [1.29, 1.82) is 0 Å². The van der Waals surface area contributed by atoms with Crippen LogP contribution < -0.4 is 21.3 Å². The van der Waals surface area contributed by atoms with Gasteiger partial charge in [0.1, 0.15) is 5.82 Å². The van der Waals surface area contributed by atoms with E-state index >= 15 is 0 Å². The summed E-state index contributed by atoms with van der Waals surface area (Å²) in [4.78, 5) is 44.3. The number of piperidine rings is 1. The molecule has 3 aromatic rings. The van der Waals surface area contributed by atoms with Crippen molar-refractivity contribution in [3.8, 4) is 0 Å². The Morgan fingerprint density at radius 3 is 2.51 bits per heavy atom. The van der Waals surface area contributed by atoms with Gasteiger partial charge in [0.15, 0.2) is 11.5 Å². The Kier molecular flexibility index (Phi) is 6.01. The number of rotatable bonds is 7. The number of anilines is 3. The number of aromatic nitrogens is 6. The third-order valence-corrected chi connectivity index (χ3v) is 6.48. The molecule has 1 aliphatic carbocycles. The number of carbonyl (C=O) groups is 2. The highest BCUT2D eigenvalue weighted by molar-refractivity contribution is 5.96. The van der Waals surface area contributed by atoms with E-state index in [1.54, 1.807) is 36.5 Å². The molecule has 1 aliphatic heterocycles. The maximum absolute atomic E-state index is 12.8. The van der Waals surface area contributed by atoms with Crippen LogP contribution in [-0.2, 0) is 7.05 Å². The Morgan fingerprint density at radius 1 is 1.09 bits per heavy atom. The van der Waals surface area contributed by atoms with Crippen LogP contribution in [0.4, 0.5) is 17.3 Å². The molecule has 0 spiro atoms. The SMILES string of the molecule is C[C@@H]1[C@H](NC(=O)c2ncc(C3CC3)cn2)CCCN1c1cnc(C(N)=O)c(Nc2cnn(C)c2)n1. The second kappa shape index (κ2) is 9.28. The van der Waals surface area contributed by atoms with Gasteiger partial charge in [-0.05, 0) is 44.1 Å². The van der Waals surface area contributed by atoms with Gasteiger partial charge in [0, 0.05) is 44.3 Å². The number of nitrogens with zero attached hydrogens (tertiary/aromatic N) is 7. The van der Waals surface area contributed by atoms with Crippen molar-refractivity contribution in [3.63, 3.8) is 0 Å². The first-order chi connectivity index (χ1) is 16.9. The van der Waals surface area contributed by atoms with Gasteiger partial charge >= 0.3 is 0 Å². The lowest BCUT2D eigenvalue weighted by atomic mass is 9.97. The highest BCUT2D eigenvalue weighted by atomic mass is 16.2. The molecule has 1 saturated carbocycles. The first kappa shape index (κ1) is 22.7. The maximum atomic E-state index is 12.8. The molecule has 2 amide bonds. The normalized spacial score (nSPS) is 19.9. The quantitative estimate of drug-likeness (QED) is 0.460. The number of amides is 2. The highest BCUT2D eigenvalue weighted by Gasteiger charge is 2.32. The molecule has 4 N–H and O–H groups in total. The lowest BCUT2D eigenvalue weighted by Gasteiger charge is -2.40. The predicted octanol–water partition coefficient (Wildman–Crippen LogP) is 1.51. The van der Waals surface area contributed by atoms with E-state index in [9.17, 15) is 9.59 Å². The molecule has 12 nitrogen and oxygen atoms in total. The van der Waals surface area contributed by atoms with Crippen LogP contribution in [0.3, 0.4) is 0 Å². The molecule has 0 aromatic carbocycles. The molecule has 35 heavy (non-hydrogen) atoms. The molecule has 4 heterocycles. The molecule has 2 aliphatic rings. The largest absolute Gasteiger partial charge is 0.364 e. The van der Waals surface area contributed by atoms with E-state index in [0.717, 1.165) is 37.8 Å². The number of carbonyl (C=O) groups excluding carboxylic acids is 2. The minimum Gasteiger partial charge on any atom is -0.364 e. The average Bonchev–Trinajstić information content (AvgIpc) is 3.62. The summed E-state index contributed by atoms with van der Waals surface area (Å²) in [5.74, 6) is 0.578. The van der Waals surface area contributed by atoms with Crippen LogP contribution in [0.5, 0.6) is 0 Å². The third-order valence-electron chi connectivity index (χ3n) is 6.48. The first-order valence-corrected chi connectivity index (χ1v) is 11.7. The van der Waals surface area contributed by atoms with Crippen molar-refractivity contribution >= 4 is 29.1 Å². The van der Waals surface area contributed by atoms with Crippen LogP contribution >= 0.6 is 0 Å². The fraction of sp³-hybridized carbons (Fsp3) is 0.435. The monoisotopic (exact) mass is 476 g/mol. The van der Waals surface area contributed by atoms with E-state index in [1.165, 1.54) is 6.20 Å². The zero-order valence-electron chi connectivity index (χ0n) is 19.7. The molecule has 5 rings (SSSR count). The molecule has 12 heteroatoms. The molecular formula is C23H28N10O2. The van der Waals surface area contributed by atoms with E-state index in [0.29, 0.717) is 17.4 Å². The number of nitrogens with one attached hydrogen (secondary N) is 2. The third kappa shape index (κ3) is 4.91. The van der Waals surface area contributed by atoms with Crippen LogP contribution in [0, 0.1) is 0 Å². The van der Waals surface area contributed by atoms with Crippen LogP contribution in [0.1, 0.15) is 65.2 Å². The lowest BCUT2D eigenvalue weighted by Crippen LogP contribution is -2.54. The Balaban J connectivity index is 1.32. The van der Waals surface area contributed by atoms with Gasteiger partial charge in [-0.3, -0.25) is 14.3 Å². The minimum atomic E-state index is -0.681. The standard InChI is InChI=1S/C23H28N10O2/c1-13-17(30-23(35)22-26-8-15(9-27-22)14-5-6-14)4-3-7-33(13)18-11-25-19(20(24)34)21(31-18)29-16-10-28-32(2)12-16/h8-14,17H,3-7H2,1-2H3,(H2,24,34)(H,29,31)(H,30,35)/t13-,17-/m1/s1. The van der Waals surface area contributed by atoms with E-state index in [-0.39, 0.29) is 35.3 Å². The zero-order chi connectivity index (χ0) is 24.5. The molecule has 2 atom stereocenters. The summed E-state index contributed by atoms with van der Waals surface area (Å²) in [6, 6.07) is -0.200. The van der Waals surface area contributed by atoms with Gasteiger partial charge in [-0.2, -0.15) is 5.10 Å². The summed E-state index contributed by atoms with van der Waals surface area (Å²) in [6.45, 7) is 2.76. The topological polar surface area (TPSA) is 157 Å². The molecular weight excluding hydrogens is 448 g/mol. The molecule has 0 bridgehead atoms. The molecule has 0 unspecified atom stereocenters. The molecule has 1 saturated heterocycles. The second-order valence-corrected chi connectivity index (χ2v) is 9.09. The van der Waals surface area contributed by atoms with E-state index < -0.39 is 5.91 Å². The van der Waals surface area contributed by atoms with Crippen molar-refractivity contribution < 1.29 is 9.59 Å². The van der Waals surface area contributed by atoms with E-state index in [4.69, 9.17) is 5.73 Å². The molecule has 0 radical (unpaired) electrons. The summed E-state index contributed by atoms with van der Waals surface area (Å²) >= 11 is 0. The summed E-state index contributed by atoms with van der Waals surface area (Å²) in [7, 11) is 1.79. The Bertz CT molecular complexity index is 1240. The number of hydrogen-bond acceptors (Lipinski definition) is 9. The number of hydrogen-bond donors (Lipinski definition) is 3. The number of aryl methyl sites for hydroxylation is 1. The first-order valence-electron chi connectivity index (χ1n) is 11.7. The van der Waals surface area contributed by atoms with Crippen molar-refractivity contribution in [2.24, 2.45) is 12.8 Å². The van der Waals surface area contributed by atoms with Crippen LogP contribution in [0.2, 0.25) is 0 Å². The van der Waals surface area contributed by atoms with Gasteiger partial charge in [0.2, 0.25) is 5.82 Å². The zero-order valence-corrected chi connectivity index (χ0v) is 19.7. The molecule has 3 aromatic heterocycles. The lowest BCUT2D eigenvalue weighted by molar-refractivity contribution is 0.0913. The van der Waals surface area contributed by atoms with Gasteiger partial charge in [-0.25, -0.2) is 19.9 Å². The van der Waals surface area contributed by atoms with Crippen LogP contribution in [-0.4, -0.2) is 60.2 Å². The highest BCUT2D eigenvalue weighted by Crippen LogP contribution is 2.39. The minimum absolute atomic E-state index is 0.0407. The predicted molar refractivity (Wildman–Crippen MR) is 128 cm³/mol. The Morgan fingerprint density at radius 2 is 1.86 bits per heavy atom. The van der Waals surface area contributed by atoms with Crippen molar-refractivity contribution in [2.75, 3.05) is 16.8 Å². The number of nitrogens with two attached hydrogens (primary N) is 1. The van der Waals surface area contributed by atoms with E-state index in [1.807, 2.05) is 6.92 Å². The molecule has 182 valence electrons. The fourth-order valence-corrected chi connectivity index (χ4v) is 4.38. The van der Waals surface area contributed by atoms with E-state index in [2.05, 4.69) is 40.6 Å². The Labute approximate surface area is 202 Å². The summed E-state index contributed by atoms with van der Waals surface area (Å²) < 4.78 is 1.63. The summed E-state index contributed by atoms with van der Waals surface area (Å²) in [5.41, 5.74) is 7.30. The van der Waals surface area contributed by atoms with Crippen molar-refractivity contribution in [1.82, 2.24) is 35.0 Å². The maximum Gasteiger partial charge on any atom is 0.289 e. The van der Waals surface area contributed by atoms with Crippen LogP contribution in [0.25, 0.3) is 0 Å². The van der Waals surface area contributed by atoms with Crippen molar-refractivity contribution in [3.05, 3.63) is 48.1 Å². The van der Waals surface area contributed by atoms with Crippen molar-refractivity contribution in [2.45, 2.75) is 50.6 Å². The van der Waals surface area contributed by atoms with Crippen LogP contribution in [0.15, 0.2) is 31.0 Å². The number of primary amides is 1. The van der Waals surface area contributed by atoms with Gasteiger partial charge in [-0.15, -0.1) is 0 Å². The van der Waals surface area contributed by atoms with Gasteiger partial charge in [0.25, 0.3) is 11.8 Å². The average molecular weight is 477 g/mol. The smallest absolute Gasteiger partial charge is 0.289 e. The van der Waals surface area contributed by atoms with Gasteiger partial charge < -0.3 is 21.3 Å². The Hall–Kier alpha value is -4.09. The second-order valence-electron chi connectivity index (χ2n) is 9.09. The van der Waals surface area contributed by atoms with Gasteiger partial charge in [0.05, 0.1) is 18.1 Å².